The zero-order valence-corrected chi connectivity index (χ0v) is 12.1. The molecule has 0 aliphatic rings. The SMILES string of the molecule is CCCNCCn1nnnc1SCc1cncn1C. The molecule has 0 aliphatic carbocycles. The Labute approximate surface area is 116 Å². The minimum absolute atomic E-state index is 0.792. The molecule has 0 bridgehead atoms. The van der Waals surface area contributed by atoms with Gasteiger partial charge in [-0.3, -0.25) is 0 Å². The molecule has 0 unspecified atom stereocenters. The highest BCUT2D eigenvalue weighted by Crippen LogP contribution is 2.18. The van der Waals surface area contributed by atoms with E-state index < -0.39 is 0 Å². The summed E-state index contributed by atoms with van der Waals surface area (Å²) in [5, 5.41) is 16.0. The predicted molar refractivity (Wildman–Crippen MR) is 73.7 cm³/mol. The van der Waals surface area contributed by atoms with Crippen LogP contribution in [0.25, 0.3) is 0 Å². The van der Waals surface area contributed by atoms with Crippen molar-refractivity contribution in [1.82, 2.24) is 35.1 Å². The van der Waals surface area contributed by atoms with Crippen LogP contribution in [-0.2, 0) is 19.3 Å². The summed E-state index contributed by atoms with van der Waals surface area (Å²) in [4.78, 5) is 4.10. The Balaban J connectivity index is 1.83. The third-order valence-electron chi connectivity index (χ3n) is 2.69. The van der Waals surface area contributed by atoms with Crippen molar-refractivity contribution < 1.29 is 0 Å². The molecule has 0 amide bonds. The number of hydrogen-bond acceptors (Lipinski definition) is 6. The lowest BCUT2D eigenvalue weighted by atomic mass is 10.5. The van der Waals surface area contributed by atoms with Crippen LogP contribution in [0.5, 0.6) is 0 Å². The molecule has 19 heavy (non-hydrogen) atoms. The van der Waals surface area contributed by atoms with Gasteiger partial charge >= 0.3 is 0 Å². The van der Waals surface area contributed by atoms with Crippen molar-refractivity contribution in [2.75, 3.05) is 13.1 Å². The highest BCUT2D eigenvalue weighted by molar-refractivity contribution is 7.98. The summed E-state index contributed by atoms with van der Waals surface area (Å²) in [6.45, 7) is 4.86. The molecule has 2 heterocycles. The molecule has 0 fully saturated rings. The minimum atomic E-state index is 0.792. The Bertz CT molecular complexity index is 493. The summed E-state index contributed by atoms with van der Waals surface area (Å²) in [6.07, 6.45) is 4.80. The average Bonchev–Trinajstić information content (AvgIpc) is 3.01. The first-order valence-electron chi connectivity index (χ1n) is 6.36. The van der Waals surface area contributed by atoms with Crippen LogP contribution in [0.3, 0.4) is 0 Å². The quantitative estimate of drug-likeness (QED) is 0.567. The van der Waals surface area contributed by atoms with Crippen LogP contribution < -0.4 is 5.32 Å². The van der Waals surface area contributed by atoms with E-state index in [1.165, 1.54) is 0 Å². The second kappa shape index (κ2) is 7.25. The minimum Gasteiger partial charge on any atom is -0.337 e. The van der Waals surface area contributed by atoms with Gasteiger partial charge in [0.1, 0.15) is 0 Å². The topological polar surface area (TPSA) is 73.5 Å². The first-order valence-corrected chi connectivity index (χ1v) is 7.34. The third-order valence-corrected chi connectivity index (χ3v) is 3.68. The van der Waals surface area contributed by atoms with Gasteiger partial charge in [-0.25, -0.2) is 9.67 Å². The van der Waals surface area contributed by atoms with Gasteiger partial charge in [-0.15, -0.1) is 5.10 Å². The third kappa shape index (κ3) is 4.03. The molecule has 0 radical (unpaired) electrons. The van der Waals surface area contributed by atoms with Crippen LogP contribution in [0.2, 0.25) is 0 Å². The number of nitrogens with zero attached hydrogens (tertiary/aromatic N) is 6. The Morgan fingerprint density at radius 2 is 2.26 bits per heavy atom. The number of nitrogens with one attached hydrogen (secondary N) is 1. The molecule has 2 aromatic rings. The smallest absolute Gasteiger partial charge is 0.209 e. The van der Waals surface area contributed by atoms with Crippen LogP contribution in [0.1, 0.15) is 19.0 Å². The van der Waals surface area contributed by atoms with Gasteiger partial charge in [0.25, 0.3) is 0 Å². The van der Waals surface area contributed by atoms with Gasteiger partial charge in [0, 0.05) is 31.2 Å². The lowest BCUT2D eigenvalue weighted by Crippen LogP contribution is -2.21. The first-order chi connectivity index (χ1) is 9.31. The monoisotopic (exact) mass is 281 g/mol. The summed E-state index contributed by atoms with van der Waals surface area (Å²) >= 11 is 1.63. The number of aromatic nitrogens is 6. The van der Waals surface area contributed by atoms with E-state index in [0.717, 1.165) is 42.7 Å². The molecule has 0 saturated carbocycles. The van der Waals surface area contributed by atoms with Gasteiger partial charge in [-0.2, -0.15) is 0 Å². The van der Waals surface area contributed by atoms with Crippen LogP contribution >= 0.6 is 11.8 Å². The number of rotatable bonds is 8. The van der Waals surface area contributed by atoms with E-state index in [9.17, 15) is 0 Å². The number of aryl methyl sites for hydroxylation is 1. The van der Waals surface area contributed by atoms with Crippen molar-refractivity contribution in [3.63, 3.8) is 0 Å². The van der Waals surface area contributed by atoms with Gasteiger partial charge in [0.05, 0.1) is 12.9 Å². The van der Waals surface area contributed by atoms with Crippen molar-refractivity contribution in [3.8, 4) is 0 Å². The Morgan fingerprint density at radius 1 is 1.37 bits per heavy atom. The molecule has 8 heteroatoms. The fourth-order valence-electron chi connectivity index (χ4n) is 1.59. The predicted octanol–water partition coefficient (Wildman–Crippen LogP) is 0.698. The lowest BCUT2D eigenvalue weighted by molar-refractivity contribution is 0.510. The normalized spacial score (nSPS) is 11.1. The van der Waals surface area contributed by atoms with Crippen LogP contribution in [0, 0.1) is 0 Å². The molecule has 0 aromatic carbocycles. The van der Waals surface area contributed by atoms with Gasteiger partial charge in [0.15, 0.2) is 0 Å². The molecule has 2 aromatic heterocycles. The van der Waals surface area contributed by atoms with Crippen molar-refractivity contribution in [1.29, 1.82) is 0 Å². The van der Waals surface area contributed by atoms with E-state index in [4.69, 9.17) is 0 Å². The summed E-state index contributed by atoms with van der Waals surface area (Å²) < 4.78 is 3.84. The van der Waals surface area contributed by atoms with Crippen molar-refractivity contribution >= 4 is 11.8 Å². The highest BCUT2D eigenvalue weighted by Gasteiger charge is 2.08. The maximum absolute atomic E-state index is 4.10. The molecular formula is C11H19N7S. The maximum Gasteiger partial charge on any atom is 0.209 e. The van der Waals surface area contributed by atoms with E-state index in [1.54, 1.807) is 18.1 Å². The van der Waals surface area contributed by atoms with E-state index in [2.05, 4.69) is 32.7 Å². The van der Waals surface area contributed by atoms with Gasteiger partial charge in [-0.05, 0) is 23.4 Å². The van der Waals surface area contributed by atoms with Crippen molar-refractivity contribution in [2.24, 2.45) is 7.05 Å². The van der Waals surface area contributed by atoms with Gasteiger partial charge in [-0.1, -0.05) is 18.7 Å². The largest absolute Gasteiger partial charge is 0.337 e. The fraction of sp³-hybridized carbons (Fsp3) is 0.636. The second-order valence-corrected chi connectivity index (χ2v) is 5.16. The van der Waals surface area contributed by atoms with E-state index in [0.29, 0.717) is 0 Å². The standard InChI is InChI=1S/C11H19N7S/c1-3-4-12-5-6-18-11(14-15-16-18)19-8-10-7-13-9-17(10)2/h7,9,12H,3-6,8H2,1-2H3. The molecule has 0 saturated heterocycles. The molecule has 1 N–H and O–H groups in total. The lowest BCUT2D eigenvalue weighted by Gasteiger charge is -2.05. The van der Waals surface area contributed by atoms with Crippen molar-refractivity contribution in [3.05, 3.63) is 18.2 Å². The Morgan fingerprint density at radius 3 is 3.00 bits per heavy atom. The number of imidazole rings is 1. The van der Waals surface area contributed by atoms with Gasteiger partial charge in [0.2, 0.25) is 5.16 Å². The molecule has 0 aliphatic heterocycles. The van der Waals surface area contributed by atoms with Crippen LogP contribution in [0.4, 0.5) is 0 Å². The molecule has 2 rings (SSSR count). The number of tetrazole rings is 1. The second-order valence-electron chi connectivity index (χ2n) is 4.22. The molecule has 104 valence electrons. The van der Waals surface area contributed by atoms with Crippen molar-refractivity contribution in [2.45, 2.75) is 30.8 Å². The molecule has 0 spiro atoms. The molecular weight excluding hydrogens is 262 g/mol. The number of hydrogen-bond donors (Lipinski definition) is 1. The maximum atomic E-state index is 4.10. The van der Waals surface area contributed by atoms with E-state index in [-0.39, 0.29) is 0 Å². The van der Waals surface area contributed by atoms with Crippen LogP contribution in [0.15, 0.2) is 17.7 Å². The summed E-state index contributed by atoms with van der Waals surface area (Å²) in [7, 11) is 1.99. The fourth-order valence-corrected chi connectivity index (χ4v) is 2.52. The van der Waals surface area contributed by atoms with E-state index in [1.807, 2.05) is 22.5 Å². The average molecular weight is 281 g/mol. The number of thioether (sulfide) groups is 1. The Hall–Kier alpha value is -1.41. The summed E-state index contributed by atoms with van der Waals surface area (Å²) in [6, 6.07) is 0. The molecule has 7 nitrogen and oxygen atoms in total. The molecule has 0 atom stereocenters. The van der Waals surface area contributed by atoms with E-state index >= 15 is 0 Å². The van der Waals surface area contributed by atoms with Crippen LogP contribution in [-0.4, -0.2) is 42.8 Å². The zero-order valence-electron chi connectivity index (χ0n) is 11.3. The van der Waals surface area contributed by atoms with Gasteiger partial charge < -0.3 is 9.88 Å². The Kier molecular flexibility index (Phi) is 5.34. The summed E-state index contributed by atoms with van der Waals surface area (Å²) in [5.41, 5.74) is 1.16. The highest BCUT2D eigenvalue weighted by atomic mass is 32.2. The first kappa shape index (κ1) is 14.0. The zero-order chi connectivity index (χ0) is 13.5. The summed E-state index contributed by atoms with van der Waals surface area (Å²) in [5.74, 6) is 0.819.